The van der Waals surface area contributed by atoms with Gasteiger partial charge in [0.25, 0.3) is 5.91 Å². The summed E-state index contributed by atoms with van der Waals surface area (Å²) in [4.78, 5) is 25.8. The molecule has 0 spiro atoms. The van der Waals surface area contributed by atoms with Crippen LogP contribution in [0.5, 0.6) is 11.5 Å². The highest BCUT2D eigenvalue weighted by Gasteiger charge is 2.24. The molecule has 0 saturated heterocycles. The molecule has 0 radical (unpaired) electrons. The van der Waals surface area contributed by atoms with E-state index in [1.54, 1.807) is 42.5 Å². The minimum Gasteiger partial charge on any atom is -0.496 e. The van der Waals surface area contributed by atoms with Crippen LogP contribution >= 0.6 is 15.9 Å². The number of ketones is 1. The number of rotatable bonds is 7. The van der Waals surface area contributed by atoms with Crippen LogP contribution in [-0.4, -0.2) is 25.4 Å². The number of nitrogens with one attached hydrogen (secondary N) is 1. The molecule has 1 amide bonds. The average molecular weight is 498 g/mol. The molecule has 4 aromatic rings. The number of fused-ring (bicyclic) bond motifs is 1. The van der Waals surface area contributed by atoms with Gasteiger partial charge in [-0.2, -0.15) is 0 Å². The van der Waals surface area contributed by atoms with E-state index in [9.17, 15) is 14.0 Å². The first kappa shape index (κ1) is 21.6. The maximum Gasteiger partial charge on any atom is 0.262 e. The number of amides is 1. The normalized spacial score (nSPS) is 10.7. The Labute approximate surface area is 191 Å². The zero-order chi connectivity index (χ0) is 22.7. The first-order chi connectivity index (χ1) is 15.5. The van der Waals surface area contributed by atoms with Gasteiger partial charge >= 0.3 is 0 Å². The number of furan rings is 1. The molecule has 8 heteroatoms. The molecule has 0 bridgehead atoms. The first-order valence-corrected chi connectivity index (χ1v) is 10.3. The van der Waals surface area contributed by atoms with E-state index >= 15 is 0 Å². The van der Waals surface area contributed by atoms with Gasteiger partial charge in [0.15, 0.2) is 12.4 Å². The average Bonchev–Trinajstić information content (AvgIpc) is 3.16. The van der Waals surface area contributed by atoms with Crippen molar-refractivity contribution in [2.24, 2.45) is 0 Å². The van der Waals surface area contributed by atoms with Crippen molar-refractivity contribution in [1.29, 1.82) is 0 Å². The van der Waals surface area contributed by atoms with Crippen molar-refractivity contribution in [2.75, 3.05) is 19.0 Å². The second-order valence-electron chi connectivity index (χ2n) is 6.77. The number of ether oxygens (including phenoxy) is 2. The maximum absolute atomic E-state index is 13.2. The van der Waals surface area contributed by atoms with Gasteiger partial charge in [0.05, 0.1) is 17.3 Å². The third-order valence-corrected chi connectivity index (χ3v) is 5.28. The fraction of sp³-hybridized carbons (Fsp3) is 0.0833. The number of halogens is 2. The molecule has 0 unspecified atom stereocenters. The van der Waals surface area contributed by atoms with Crippen molar-refractivity contribution < 1.29 is 27.9 Å². The van der Waals surface area contributed by atoms with Crippen LogP contribution in [0.3, 0.4) is 0 Å². The molecule has 0 atom stereocenters. The molecule has 6 nitrogen and oxygen atoms in total. The maximum atomic E-state index is 13.2. The molecule has 162 valence electrons. The van der Waals surface area contributed by atoms with E-state index in [0.29, 0.717) is 32.5 Å². The van der Waals surface area contributed by atoms with E-state index in [-0.39, 0.29) is 18.1 Å². The number of benzene rings is 3. The summed E-state index contributed by atoms with van der Waals surface area (Å²) in [7, 11) is 1.53. The molecule has 4 rings (SSSR count). The van der Waals surface area contributed by atoms with E-state index in [4.69, 9.17) is 13.9 Å². The fourth-order valence-electron chi connectivity index (χ4n) is 3.12. The Morgan fingerprint density at radius 2 is 1.81 bits per heavy atom. The minimum atomic E-state index is -0.495. The lowest BCUT2D eigenvalue weighted by Gasteiger charge is -2.09. The predicted octanol–water partition coefficient (Wildman–Crippen LogP) is 5.59. The van der Waals surface area contributed by atoms with Crippen molar-refractivity contribution in [3.05, 3.63) is 88.3 Å². The lowest BCUT2D eigenvalue weighted by atomic mass is 10.1. The second-order valence-corrected chi connectivity index (χ2v) is 7.63. The van der Waals surface area contributed by atoms with Crippen LogP contribution < -0.4 is 14.8 Å². The number of carbonyl (C=O) groups is 2. The zero-order valence-corrected chi connectivity index (χ0v) is 18.4. The quantitative estimate of drug-likeness (QED) is 0.336. The third-order valence-electron chi connectivity index (χ3n) is 4.66. The molecule has 0 fully saturated rings. The highest BCUT2D eigenvalue weighted by Crippen LogP contribution is 2.34. The molecule has 1 aromatic heterocycles. The number of hydrogen-bond donors (Lipinski definition) is 1. The number of anilines is 1. The fourth-order valence-corrected chi connectivity index (χ4v) is 3.66. The van der Waals surface area contributed by atoms with E-state index in [2.05, 4.69) is 21.2 Å². The topological polar surface area (TPSA) is 77.8 Å². The van der Waals surface area contributed by atoms with Gasteiger partial charge in [0, 0.05) is 10.9 Å². The summed E-state index contributed by atoms with van der Waals surface area (Å²) < 4.78 is 30.0. The monoisotopic (exact) mass is 497 g/mol. The van der Waals surface area contributed by atoms with E-state index in [0.717, 1.165) is 0 Å². The highest BCUT2D eigenvalue weighted by atomic mass is 79.9. The summed E-state index contributed by atoms with van der Waals surface area (Å²) in [6, 6.07) is 17.2. The van der Waals surface area contributed by atoms with Gasteiger partial charge < -0.3 is 19.2 Å². The smallest absolute Gasteiger partial charge is 0.262 e. The van der Waals surface area contributed by atoms with Gasteiger partial charge in [0.1, 0.15) is 22.9 Å². The van der Waals surface area contributed by atoms with Gasteiger partial charge in [-0.05, 0) is 70.5 Å². The molecule has 1 heterocycles. The summed E-state index contributed by atoms with van der Waals surface area (Å²) in [6.45, 7) is -0.327. The van der Waals surface area contributed by atoms with Crippen LogP contribution in [0.1, 0.15) is 16.1 Å². The lowest BCUT2D eigenvalue weighted by molar-refractivity contribution is -0.118. The van der Waals surface area contributed by atoms with E-state index in [1.165, 1.54) is 31.4 Å². The first-order valence-electron chi connectivity index (χ1n) is 9.54. The lowest BCUT2D eigenvalue weighted by Crippen LogP contribution is -2.21. The third kappa shape index (κ3) is 4.50. The summed E-state index contributed by atoms with van der Waals surface area (Å²) in [5, 5.41) is 3.30. The number of methoxy groups -OCH3 is 1. The Kier molecular flexibility index (Phi) is 6.23. The molecule has 0 saturated carbocycles. The zero-order valence-electron chi connectivity index (χ0n) is 16.9. The summed E-state index contributed by atoms with van der Waals surface area (Å²) >= 11 is 3.37. The van der Waals surface area contributed by atoms with Crippen LogP contribution in [-0.2, 0) is 4.79 Å². The summed E-state index contributed by atoms with van der Waals surface area (Å²) in [5.41, 5.74) is 1.07. The standard InChI is InChI=1S/C24H17BrFNO5/c1-30-20-11-6-14(12-18(20)25)23(29)24-22(17-4-2-3-5-19(17)32-24)27-21(28)13-31-16-9-7-15(26)8-10-16/h2-12H,13H2,1H3,(H,27,28). The molecule has 0 aliphatic heterocycles. The van der Waals surface area contributed by atoms with Gasteiger partial charge in [-0.25, -0.2) is 4.39 Å². The molecule has 3 aromatic carbocycles. The summed E-state index contributed by atoms with van der Waals surface area (Å²) in [5.74, 6) is -0.376. The number of carbonyl (C=O) groups excluding carboxylic acids is 2. The van der Waals surface area contributed by atoms with Crippen LogP contribution in [0.2, 0.25) is 0 Å². The Bertz CT molecular complexity index is 1300. The van der Waals surface area contributed by atoms with Gasteiger partial charge in [0.2, 0.25) is 5.78 Å². The van der Waals surface area contributed by atoms with Crippen molar-refractivity contribution in [1.82, 2.24) is 0 Å². The second kappa shape index (κ2) is 9.23. The molecule has 32 heavy (non-hydrogen) atoms. The largest absolute Gasteiger partial charge is 0.496 e. The number of hydrogen-bond acceptors (Lipinski definition) is 5. The highest BCUT2D eigenvalue weighted by molar-refractivity contribution is 9.10. The molecular formula is C24H17BrFNO5. The molecule has 0 aliphatic rings. The van der Waals surface area contributed by atoms with Crippen molar-refractivity contribution in [3.63, 3.8) is 0 Å². The molecule has 0 aliphatic carbocycles. The predicted molar refractivity (Wildman–Crippen MR) is 121 cm³/mol. The Balaban J connectivity index is 1.61. The van der Waals surface area contributed by atoms with Crippen molar-refractivity contribution >= 4 is 44.3 Å². The molecule has 1 N–H and O–H groups in total. The number of para-hydroxylation sites is 1. The van der Waals surface area contributed by atoms with Gasteiger partial charge in [-0.3, -0.25) is 9.59 Å². The minimum absolute atomic E-state index is 0.00148. The van der Waals surface area contributed by atoms with E-state index in [1.807, 2.05) is 0 Å². The SMILES string of the molecule is COc1ccc(C(=O)c2oc3ccccc3c2NC(=O)COc2ccc(F)cc2)cc1Br. The Morgan fingerprint density at radius 1 is 1.06 bits per heavy atom. The Morgan fingerprint density at radius 3 is 2.53 bits per heavy atom. The van der Waals surface area contributed by atoms with Crippen LogP contribution in [0.15, 0.2) is 75.6 Å². The summed E-state index contributed by atoms with van der Waals surface area (Å²) in [6.07, 6.45) is 0. The Hall–Kier alpha value is -3.65. The van der Waals surface area contributed by atoms with Crippen LogP contribution in [0, 0.1) is 5.82 Å². The van der Waals surface area contributed by atoms with Gasteiger partial charge in [-0.1, -0.05) is 12.1 Å². The van der Waals surface area contributed by atoms with Crippen LogP contribution in [0.4, 0.5) is 10.1 Å². The molecular weight excluding hydrogens is 481 g/mol. The van der Waals surface area contributed by atoms with Gasteiger partial charge in [-0.15, -0.1) is 0 Å². The van der Waals surface area contributed by atoms with Crippen LogP contribution in [0.25, 0.3) is 11.0 Å². The van der Waals surface area contributed by atoms with E-state index < -0.39 is 17.5 Å². The van der Waals surface area contributed by atoms with Crippen molar-refractivity contribution in [3.8, 4) is 11.5 Å². The van der Waals surface area contributed by atoms with Crippen molar-refractivity contribution in [2.45, 2.75) is 0 Å².